The smallest absolute Gasteiger partial charge is 0.292 e. The van der Waals surface area contributed by atoms with Crippen LogP contribution in [0.15, 0.2) is 18.2 Å². The van der Waals surface area contributed by atoms with Gasteiger partial charge in [-0.1, -0.05) is 6.07 Å². The Morgan fingerprint density at radius 1 is 1.53 bits per heavy atom. The number of hydrogen-bond acceptors (Lipinski definition) is 4. The molecule has 1 aromatic carbocycles. The Bertz CT molecular complexity index is 469. The summed E-state index contributed by atoms with van der Waals surface area (Å²) < 4.78 is 0. The Balaban J connectivity index is 2.15. The third-order valence-corrected chi connectivity index (χ3v) is 2.77. The summed E-state index contributed by atoms with van der Waals surface area (Å²) in [5.74, 6) is 0.206. The van der Waals surface area contributed by atoms with Gasteiger partial charge in [-0.2, -0.15) is 0 Å². The highest BCUT2D eigenvalue weighted by Gasteiger charge is 2.23. The lowest BCUT2D eigenvalue weighted by Crippen LogP contribution is -2.26. The van der Waals surface area contributed by atoms with Crippen molar-refractivity contribution in [1.29, 1.82) is 0 Å². The van der Waals surface area contributed by atoms with Gasteiger partial charge in [0.15, 0.2) is 0 Å². The van der Waals surface area contributed by atoms with Crippen molar-refractivity contribution in [3.8, 4) is 0 Å². The van der Waals surface area contributed by atoms with Crippen molar-refractivity contribution < 1.29 is 9.72 Å². The van der Waals surface area contributed by atoms with E-state index in [1.807, 2.05) is 0 Å². The van der Waals surface area contributed by atoms with Gasteiger partial charge in [0, 0.05) is 12.6 Å². The molecule has 90 valence electrons. The number of hydrogen-bond donors (Lipinski definition) is 2. The number of para-hydroxylation sites is 1. The fourth-order valence-corrected chi connectivity index (χ4v) is 1.56. The number of amides is 1. The third kappa shape index (κ3) is 2.52. The zero-order valence-electron chi connectivity index (χ0n) is 9.18. The lowest BCUT2D eigenvalue weighted by molar-refractivity contribution is -0.383. The molecule has 1 aliphatic rings. The SMILES string of the molecule is Nc1c(C(=O)NCC2CC2)cccc1[N+](=O)[O-]. The van der Waals surface area contributed by atoms with E-state index in [1.165, 1.54) is 18.2 Å². The average Bonchev–Trinajstić information content (AvgIpc) is 3.09. The van der Waals surface area contributed by atoms with Crippen LogP contribution in [0.3, 0.4) is 0 Å². The molecular formula is C11H13N3O3. The van der Waals surface area contributed by atoms with Gasteiger partial charge in [0.25, 0.3) is 11.6 Å². The first-order valence-corrected chi connectivity index (χ1v) is 5.40. The largest absolute Gasteiger partial charge is 0.393 e. The summed E-state index contributed by atoms with van der Waals surface area (Å²) in [4.78, 5) is 21.8. The van der Waals surface area contributed by atoms with Gasteiger partial charge in [-0.15, -0.1) is 0 Å². The number of nitro groups is 1. The summed E-state index contributed by atoms with van der Waals surface area (Å²) in [6.45, 7) is 0.612. The van der Waals surface area contributed by atoms with E-state index in [9.17, 15) is 14.9 Å². The molecule has 2 rings (SSSR count). The molecular weight excluding hydrogens is 222 g/mol. The summed E-state index contributed by atoms with van der Waals surface area (Å²) in [6, 6.07) is 4.23. The maximum absolute atomic E-state index is 11.8. The first-order chi connectivity index (χ1) is 8.09. The van der Waals surface area contributed by atoms with Gasteiger partial charge in [-0.05, 0) is 24.8 Å². The average molecular weight is 235 g/mol. The highest BCUT2D eigenvalue weighted by molar-refractivity contribution is 6.00. The number of carbonyl (C=O) groups excluding carboxylic acids is 1. The van der Waals surface area contributed by atoms with E-state index in [0.717, 1.165) is 12.8 Å². The zero-order valence-corrected chi connectivity index (χ0v) is 9.18. The van der Waals surface area contributed by atoms with Crippen LogP contribution in [0.1, 0.15) is 23.2 Å². The molecule has 3 N–H and O–H groups in total. The molecule has 1 aliphatic carbocycles. The Morgan fingerprint density at radius 3 is 2.82 bits per heavy atom. The Labute approximate surface area is 98.0 Å². The second kappa shape index (κ2) is 4.40. The predicted octanol–water partition coefficient (Wildman–Crippen LogP) is 1.32. The van der Waals surface area contributed by atoms with E-state index in [4.69, 9.17) is 5.73 Å². The molecule has 0 spiro atoms. The first-order valence-electron chi connectivity index (χ1n) is 5.40. The fourth-order valence-electron chi connectivity index (χ4n) is 1.56. The Kier molecular flexibility index (Phi) is 2.95. The van der Waals surface area contributed by atoms with Gasteiger partial charge in [-0.25, -0.2) is 0 Å². The number of nitrogens with zero attached hydrogens (tertiary/aromatic N) is 1. The number of carbonyl (C=O) groups is 1. The van der Waals surface area contributed by atoms with Gasteiger partial charge in [-0.3, -0.25) is 14.9 Å². The molecule has 1 aromatic rings. The monoisotopic (exact) mass is 235 g/mol. The van der Waals surface area contributed by atoms with Gasteiger partial charge >= 0.3 is 0 Å². The second-order valence-corrected chi connectivity index (χ2v) is 4.15. The summed E-state index contributed by atoms with van der Waals surface area (Å²) >= 11 is 0. The van der Waals surface area contributed by atoms with Crippen LogP contribution in [0.2, 0.25) is 0 Å². The molecule has 0 aromatic heterocycles. The van der Waals surface area contributed by atoms with Gasteiger partial charge in [0.2, 0.25) is 0 Å². The van der Waals surface area contributed by atoms with Gasteiger partial charge < -0.3 is 11.1 Å². The molecule has 0 bridgehead atoms. The fraction of sp³-hybridized carbons (Fsp3) is 0.364. The van der Waals surface area contributed by atoms with E-state index >= 15 is 0 Å². The Hall–Kier alpha value is -2.11. The molecule has 17 heavy (non-hydrogen) atoms. The van der Waals surface area contributed by atoms with Crippen LogP contribution in [0.4, 0.5) is 11.4 Å². The standard InChI is InChI=1S/C11H13N3O3/c12-10-8(2-1-3-9(10)14(16)17)11(15)13-6-7-4-5-7/h1-3,7H,4-6,12H2,(H,13,15). The van der Waals surface area contributed by atoms with Crippen LogP contribution < -0.4 is 11.1 Å². The number of rotatable bonds is 4. The summed E-state index contributed by atoms with van der Waals surface area (Å²) in [5.41, 5.74) is 5.46. The van der Waals surface area contributed by atoms with Gasteiger partial charge in [0.05, 0.1) is 10.5 Å². The molecule has 0 atom stereocenters. The summed E-state index contributed by atoms with van der Waals surface area (Å²) in [5, 5.41) is 13.4. The summed E-state index contributed by atoms with van der Waals surface area (Å²) in [7, 11) is 0. The van der Waals surface area contributed by atoms with E-state index in [-0.39, 0.29) is 22.8 Å². The molecule has 1 saturated carbocycles. The molecule has 1 fully saturated rings. The van der Waals surface area contributed by atoms with Crippen molar-refractivity contribution in [2.45, 2.75) is 12.8 Å². The molecule has 0 aliphatic heterocycles. The van der Waals surface area contributed by atoms with Crippen molar-refractivity contribution in [2.75, 3.05) is 12.3 Å². The number of benzene rings is 1. The van der Waals surface area contributed by atoms with E-state index < -0.39 is 4.92 Å². The lowest BCUT2D eigenvalue weighted by Gasteiger charge is -2.06. The minimum Gasteiger partial charge on any atom is -0.393 e. The second-order valence-electron chi connectivity index (χ2n) is 4.15. The highest BCUT2D eigenvalue weighted by Crippen LogP contribution is 2.28. The van der Waals surface area contributed by atoms with Gasteiger partial charge in [0.1, 0.15) is 5.69 Å². The number of nitro benzene ring substituents is 1. The van der Waals surface area contributed by atoms with Crippen LogP contribution in [0.25, 0.3) is 0 Å². The maximum atomic E-state index is 11.8. The van der Waals surface area contributed by atoms with E-state index in [1.54, 1.807) is 0 Å². The highest BCUT2D eigenvalue weighted by atomic mass is 16.6. The number of anilines is 1. The van der Waals surface area contributed by atoms with Crippen molar-refractivity contribution >= 4 is 17.3 Å². The minimum atomic E-state index is -0.590. The molecule has 0 unspecified atom stereocenters. The van der Waals surface area contributed by atoms with Crippen LogP contribution in [-0.2, 0) is 0 Å². The van der Waals surface area contributed by atoms with Crippen LogP contribution in [-0.4, -0.2) is 17.4 Å². The van der Waals surface area contributed by atoms with Crippen LogP contribution >= 0.6 is 0 Å². The molecule has 1 amide bonds. The van der Waals surface area contributed by atoms with Crippen molar-refractivity contribution in [3.05, 3.63) is 33.9 Å². The van der Waals surface area contributed by atoms with Crippen molar-refractivity contribution in [2.24, 2.45) is 5.92 Å². The molecule has 6 heteroatoms. The normalized spacial score (nSPS) is 14.4. The maximum Gasteiger partial charge on any atom is 0.292 e. The van der Waals surface area contributed by atoms with Crippen molar-refractivity contribution in [1.82, 2.24) is 5.32 Å². The number of nitrogens with one attached hydrogen (secondary N) is 1. The molecule has 6 nitrogen and oxygen atoms in total. The number of nitrogens with two attached hydrogens (primary N) is 1. The van der Waals surface area contributed by atoms with E-state index in [0.29, 0.717) is 12.5 Å². The first kappa shape index (κ1) is 11.4. The number of nitrogen functional groups attached to an aromatic ring is 1. The molecule has 0 saturated heterocycles. The lowest BCUT2D eigenvalue weighted by atomic mass is 10.1. The van der Waals surface area contributed by atoms with Crippen LogP contribution in [0.5, 0.6) is 0 Å². The quantitative estimate of drug-likeness (QED) is 0.467. The predicted molar refractivity (Wildman–Crippen MR) is 62.6 cm³/mol. The molecule has 0 radical (unpaired) electrons. The Morgan fingerprint density at radius 2 is 2.24 bits per heavy atom. The third-order valence-electron chi connectivity index (χ3n) is 2.77. The van der Waals surface area contributed by atoms with E-state index in [2.05, 4.69) is 5.32 Å². The molecule has 0 heterocycles. The van der Waals surface area contributed by atoms with Crippen LogP contribution in [0, 0.1) is 16.0 Å². The summed E-state index contributed by atoms with van der Waals surface area (Å²) in [6.07, 6.45) is 2.26. The minimum absolute atomic E-state index is 0.0780. The van der Waals surface area contributed by atoms with Crippen molar-refractivity contribution in [3.63, 3.8) is 0 Å². The zero-order chi connectivity index (χ0) is 12.4. The topological polar surface area (TPSA) is 98.3 Å².